The quantitative estimate of drug-likeness (QED) is 0.257. The number of benzene rings is 1. The number of nitrogens with one attached hydrogen (secondary N) is 2. The molecule has 1 fully saturated rings. The number of anilines is 2. The van der Waals surface area contributed by atoms with Crippen LogP contribution in [-0.2, 0) is 4.74 Å². The second-order valence-electron chi connectivity index (χ2n) is 9.71. The highest BCUT2D eigenvalue weighted by molar-refractivity contribution is 6.13. The Labute approximate surface area is 226 Å². The molecule has 1 aromatic carbocycles. The number of carbonyl (C=O) groups is 1. The van der Waals surface area contributed by atoms with Gasteiger partial charge >= 0.3 is 12.4 Å². The lowest BCUT2D eigenvalue weighted by molar-refractivity contribution is -0.325. The van der Waals surface area contributed by atoms with Crippen LogP contribution in [0.1, 0.15) is 29.9 Å². The minimum absolute atomic E-state index is 0.133. The zero-order chi connectivity index (χ0) is 28.6. The highest BCUT2D eigenvalue weighted by Crippen LogP contribution is 2.31. The molecule has 40 heavy (non-hydrogen) atoms. The number of hydrogen-bond donors (Lipinski definition) is 2. The normalized spacial score (nSPS) is 17.9. The second kappa shape index (κ2) is 10.8. The number of ether oxygens (including phenoxy) is 2. The number of hydrogen-bond acceptors (Lipinski definition) is 8. The summed E-state index contributed by atoms with van der Waals surface area (Å²) >= 11 is 0. The number of pyridine rings is 1. The van der Waals surface area contributed by atoms with E-state index in [1.807, 2.05) is 0 Å². The van der Waals surface area contributed by atoms with Crippen molar-refractivity contribution in [2.45, 2.75) is 39.2 Å². The average molecular weight is 562 g/mol. The van der Waals surface area contributed by atoms with Crippen LogP contribution in [0.5, 0.6) is 6.01 Å². The second-order valence-corrected chi connectivity index (χ2v) is 9.71. The van der Waals surface area contributed by atoms with Crippen molar-refractivity contribution in [2.24, 2.45) is 0 Å². The zero-order valence-corrected chi connectivity index (χ0v) is 21.9. The van der Waals surface area contributed by atoms with Crippen LogP contribution in [0, 0.1) is 12.7 Å². The third-order valence-corrected chi connectivity index (χ3v) is 6.31. The molecule has 10 nitrogen and oxygen atoms in total. The van der Waals surface area contributed by atoms with E-state index in [-0.39, 0.29) is 40.5 Å². The summed E-state index contributed by atoms with van der Waals surface area (Å²) in [7, 11) is 0. The number of fused-ring (bicyclic) bond motifs is 2. The molecular weight excluding hydrogens is 534 g/mol. The molecule has 3 aromatic heterocycles. The van der Waals surface area contributed by atoms with Crippen LogP contribution in [0.3, 0.4) is 0 Å². The van der Waals surface area contributed by atoms with E-state index in [0.29, 0.717) is 24.2 Å². The number of alkyl halides is 3. The summed E-state index contributed by atoms with van der Waals surface area (Å²) in [5.74, 6) is -1.17. The monoisotopic (exact) mass is 561 g/mol. The highest BCUT2D eigenvalue weighted by atomic mass is 19.4. The molecule has 4 aromatic rings. The molecule has 0 radical (unpaired) electrons. The van der Waals surface area contributed by atoms with Gasteiger partial charge in [-0.3, -0.25) is 9.53 Å². The summed E-state index contributed by atoms with van der Waals surface area (Å²) in [6.07, 6.45) is -0.136. The largest absolute Gasteiger partial charge is 0.522 e. The Morgan fingerprint density at radius 1 is 1.15 bits per heavy atom. The van der Waals surface area contributed by atoms with E-state index in [1.165, 1.54) is 16.7 Å². The molecule has 1 amide bonds. The number of amides is 1. The zero-order valence-electron chi connectivity index (χ0n) is 21.9. The fourth-order valence-electron chi connectivity index (χ4n) is 4.88. The summed E-state index contributed by atoms with van der Waals surface area (Å²) in [6.45, 7) is 6.04. The van der Waals surface area contributed by atoms with Gasteiger partial charge in [-0.15, -0.1) is 13.2 Å². The van der Waals surface area contributed by atoms with Crippen molar-refractivity contribution in [3.8, 4) is 6.01 Å². The van der Waals surface area contributed by atoms with Crippen LogP contribution < -0.4 is 20.3 Å². The van der Waals surface area contributed by atoms with Gasteiger partial charge in [-0.2, -0.15) is 4.98 Å². The van der Waals surface area contributed by atoms with Gasteiger partial charge in [-0.1, -0.05) is 0 Å². The molecule has 1 aliphatic rings. The van der Waals surface area contributed by atoms with E-state index in [0.717, 1.165) is 5.69 Å². The maximum atomic E-state index is 14.6. The molecule has 1 aliphatic heterocycles. The van der Waals surface area contributed by atoms with E-state index in [9.17, 15) is 22.4 Å². The SMILES string of the molecule is Cc1cn2cc(NC(=O)c3ccc(N4C[C@@H](C)N[C@H](C)C4)c4cnc(OCCOC(F)(F)F)nc34)cc(F)c2n1. The maximum absolute atomic E-state index is 14.6. The molecule has 0 aliphatic carbocycles. The first kappa shape index (κ1) is 27.5. The highest BCUT2D eigenvalue weighted by Gasteiger charge is 2.29. The summed E-state index contributed by atoms with van der Waals surface area (Å²) in [4.78, 5) is 28.2. The number of aromatic nitrogens is 4. The first-order chi connectivity index (χ1) is 19.0. The van der Waals surface area contributed by atoms with Gasteiger partial charge in [0.05, 0.1) is 29.1 Å². The topological polar surface area (TPSA) is 106 Å². The first-order valence-corrected chi connectivity index (χ1v) is 12.6. The fraction of sp³-hybridized carbons (Fsp3) is 0.385. The predicted molar refractivity (Wildman–Crippen MR) is 139 cm³/mol. The van der Waals surface area contributed by atoms with Crippen LogP contribution >= 0.6 is 0 Å². The van der Waals surface area contributed by atoms with Crippen molar-refractivity contribution in [2.75, 3.05) is 36.5 Å². The smallest absolute Gasteiger partial charge is 0.461 e. The van der Waals surface area contributed by atoms with Gasteiger partial charge < -0.3 is 24.7 Å². The van der Waals surface area contributed by atoms with E-state index in [2.05, 4.69) is 49.1 Å². The van der Waals surface area contributed by atoms with Crippen molar-refractivity contribution in [1.82, 2.24) is 24.7 Å². The Morgan fingerprint density at radius 3 is 2.62 bits per heavy atom. The molecule has 5 rings (SSSR count). The van der Waals surface area contributed by atoms with Crippen molar-refractivity contribution in [3.05, 3.63) is 53.9 Å². The van der Waals surface area contributed by atoms with E-state index >= 15 is 0 Å². The fourth-order valence-corrected chi connectivity index (χ4v) is 4.88. The number of imidazole rings is 1. The van der Waals surface area contributed by atoms with Crippen molar-refractivity contribution in [1.29, 1.82) is 0 Å². The third-order valence-electron chi connectivity index (χ3n) is 6.31. The van der Waals surface area contributed by atoms with Crippen LogP contribution in [0.2, 0.25) is 0 Å². The lowest BCUT2D eigenvalue weighted by Crippen LogP contribution is -2.54. The predicted octanol–water partition coefficient (Wildman–Crippen LogP) is 4.08. The van der Waals surface area contributed by atoms with Crippen LogP contribution in [-0.4, -0.2) is 70.0 Å². The molecule has 2 N–H and O–H groups in total. The Bertz CT molecular complexity index is 1550. The van der Waals surface area contributed by atoms with Crippen molar-refractivity contribution in [3.63, 3.8) is 0 Å². The minimum atomic E-state index is -4.79. The lowest BCUT2D eigenvalue weighted by atomic mass is 10.0. The minimum Gasteiger partial charge on any atom is -0.461 e. The molecule has 0 bridgehead atoms. The average Bonchev–Trinajstić information content (AvgIpc) is 3.25. The molecule has 0 unspecified atom stereocenters. The molecule has 0 spiro atoms. The number of piperazine rings is 1. The Hall–Kier alpha value is -4.04. The van der Waals surface area contributed by atoms with Gasteiger partial charge in [0.25, 0.3) is 5.91 Å². The van der Waals surface area contributed by atoms with Crippen LogP contribution in [0.4, 0.5) is 28.9 Å². The molecule has 0 saturated carbocycles. The maximum Gasteiger partial charge on any atom is 0.522 e. The molecule has 4 heterocycles. The number of carbonyl (C=O) groups excluding carboxylic acids is 1. The summed E-state index contributed by atoms with van der Waals surface area (Å²) in [5, 5.41) is 6.72. The molecule has 1 saturated heterocycles. The van der Waals surface area contributed by atoms with Gasteiger partial charge in [0.15, 0.2) is 11.5 Å². The number of nitrogens with zero attached hydrogens (tertiary/aromatic N) is 5. The van der Waals surface area contributed by atoms with Gasteiger partial charge in [-0.05, 0) is 32.9 Å². The molecular formula is C26H27F4N7O3. The number of aryl methyl sites for hydroxylation is 1. The van der Waals surface area contributed by atoms with Crippen molar-refractivity contribution >= 4 is 33.8 Å². The van der Waals surface area contributed by atoms with E-state index in [4.69, 9.17) is 4.74 Å². The van der Waals surface area contributed by atoms with Crippen molar-refractivity contribution < 1.29 is 31.8 Å². The Morgan fingerprint density at radius 2 is 1.90 bits per heavy atom. The summed E-state index contributed by atoms with van der Waals surface area (Å²) in [5.41, 5.74) is 2.12. The van der Waals surface area contributed by atoms with Gasteiger partial charge in [0.2, 0.25) is 0 Å². The van der Waals surface area contributed by atoms with E-state index < -0.39 is 31.3 Å². The van der Waals surface area contributed by atoms with Crippen LogP contribution in [0.25, 0.3) is 16.6 Å². The first-order valence-electron chi connectivity index (χ1n) is 12.6. The lowest BCUT2D eigenvalue weighted by Gasteiger charge is -2.38. The summed E-state index contributed by atoms with van der Waals surface area (Å²) in [6, 6.07) is 4.76. The number of rotatable bonds is 7. The Kier molecular flexibility index (Phi) is 7.47. The van der Waals surface area contributed by atoms with Gasteiger partial charge in [0.1, 0.15) is 6.61 Å². The van der Waals surface area contributed by atoms with Crippen LogP contribution in [0.15, 0.2) is 36.8 Å². The number of halogens is 4. The molecule has 212 valence electrons. The third kappa shape index (κ3) is 6.07. The molecule has 2 atom stereocenters. The standard InChI is InChI=1S/C26H27F4N7O3/c1-14-10-36(11-15(2)32-14)21-5-4-18(22-19(21)9-31-25(35-22)39-6-7-40-26(28,29)30)24(38)34-17-8-20(27)23-33-16(3)12-37(23)13-17/h4-5,8-9,12-15,32H,6-7,10-11H2,1-3H3,(H,34,38)/t14-,15-/m1/s1. The van der Waals surface area contributed by atoms with Gasteiger partial charge in [0, 0.05) is 60.9 Å². The molecule has 14 heteroatoms. The van der Waals surface area contributed by atoms with Gasteiger partial charge in [-0.25, -0.2) is 14.4 Å². The Balaban J connectivity index is 1.48. The summed E-state index contributed by atoms with van der Waals surface area (Å²) < 4.78 is 62.0. The van der Waals surface area contributed by atoms with E-state index in [1.54, 1.807) is 31.5 Å².